The molecule has 0 heterocycles. The lowest BCUT2D eigenvalue weighted by atomic mass is 9.83. The zero-order valence-corrected chi connectivity index (χ0v) is 16.1. The van der Waals surface area contributed by atoms with Gasteiger partial charge in [-0.15, -0.1) is 0 Å². The SMILES string of the molecule is CCC(NCc1cc(Br)cc(Br)c1OC)C1CCCCC1. The summed E-state index contributed by atoms with van der Waals surface area (Å²) in [4.78, 5) is 0. The van der Waals surface area contributed by atoms with E-state index in [-0.39, 0.29) is 0 Å². The molecule has 0 aliphatic heterocycles. The largest absolute Gasteiger partial charge is 0.495 e. The van der Waals surface area contributed by atoms with Gasteiger partial charge < -0.3 is 10.1 Å². The summed E-state index contributed by atoms with van der Waals surface area (Å²) in [7, 11) is 1.73. The van der Waals surface area contributed by atoms with Crippen molar-refractivity contribution in [2.24, 2.45) is 5.92 Å². The molecule has 1 aliphatic rings. The first-order chi connectivity index (χ1) is 10.2. The van der Waals surface area contributed by atoms with Gasteiger partial charge in [0.2, 0.25) is 0 Å². The molecule has 1 aromatic rings. The quantitative estimate of drug-likeness (QED) is 0.642. The summed E-state index contributed by atoms with van der Waals surface area (Å²) in [6, 6.07) is 4.79. The molecule has 2 nitrogen and oxygen atoms in total. The molecule has 0 aromatic heterocycles. The monoisotopic (exact) mass is 417 g/mol. The third-order valence-corrected chi connectivity index (χ3v) is 5.55. The first-order valence-corrected chi connectivity index (χ1v) is 9.49. The molecule has 1 fully saturated rings. The van der Waals surface area contributed by atoms with Gasteiger partial charge in [-0.05, 0) is 53.2 Å². The number of ether oxygens (including phenoxy) is 1. The molecule has 21 heavy (non-hydrogen) atoms. The predicted molar refractivity (Wildman–Crippen MR) is 95.9 cm³/mol. The van der Waals surface area contributed by atoms with Crippen LogP contribution >= 0.6 is 31.9 Å². The third kappa shape index (κ3) is 4.70. The molecular weight excluding hydrogens is 394 g/mol. The van der Waals surface area contributed by atoms with Gasteiger partial charge in [-0.2, -0.15) is 0 Å². The van der Waals surface area contributed by atoms with Gasteiger partial charge in [0.05, 0.1) is 11.6 Å². The number of benzene rings is 1. The fourth-order valence-corrected chi connectivity index (χ4v) is 4.87. The standard InChI is InChI=1S/C17H25Br2NO/c1-3-16(12-7-5-4-6-8-12)20-11-13-9-14(18)10-15(19)17(13)21-2/h9-10,12,16,20H,3-8,11H2,1-2H3. The Hall–Kier alpha value is -0.0600. The lowest BCUT2D eigenvalue weighted by Gasteiger charge is -2.30. The Morgan fingerprint density at radius 1 is 1.24 bits per heavy atom. The Morgan fingerprint density at radius 3 is 2.57 bits per heavy atom. The third-order valence-electron chi connectivity index (χ3n) is 4.50. The van der Waals surface area contributed by atoms with Crippen LogP contribution in [0.2, 0.25) is 0 Å². The molecule has 1 N–H and O–H groups in total. The molecular formula is C17H25Br2NO. The van der Waals surface area contributed by atoms with Gasteiger partial charge in [-0.1, -0.05) is 42.1 Å². The van der Waals surface area contributed by atoms with Crippen LogP contribution in [0.15, 0.2) is 21.1 Å². The van der Waals surface area contributed by atoms with Gasteiger partial charge >= 0.3 is 0 Å². The summed E-state index contributed by atoms with van der Waals surface area (Å²) in [5, 5.41) is 3.76. The fraction of sp³-hybridized carbons (Fsp3) is 0.647. The van der Waals surface area contributed by atoms with Crippen molar-refractivity contribution in [3.8, 4) is 5.75 Å². The van der Waals surface area contributed by atoms with Crippen molar-refractivity contribution in [2.75, 3.05) is 7.11 Å². The fourth-order valence-electron chi connectivity index (χ4n) is 3.40. The first-order valence-electron chi connectivity index (χ1n) is 7.91. The maximum Gasteiger partial charge on any atom is 0.137 e. The van der Waals surface area contributed by atoms with E-state index in [0.717, 1.165) is 27.2 Å². The Bertz CT molecular complexity index is 458. The molecule has 0 radical (unpaired) electrons. The summed E-state index contributed by atoms with van der Waals surface area (Å²) in [5.74, 6) is 1.77. The lowest BCUT2D eigenvalue weighted by Crippen LogP contribution is -2.36. The number of nitrogens with one attached hydrogen (secondary N) is 1. The van der Waals surface area contributed by atoms with Gasteiger partial charge in [0.15, 0.2) is 0 Å². The van der Waals surface area contributed by atoms with Crippen molar-refractivity contribution in [1.29, 1.82) is 0 Å². The Kier molecular flexibility index (Phi) is 7.03. The van der Waals surface area contributed by atoms with Crippen molar-refractivity contribution < 1.29 is 4.74 Å². The Labute approximate surface area is 145 Å². The average molecular weight is 419 g/mol. The maximum atomic E-state index is 5.53. The second-order valence-corrected chi connectivity index (χ2v) is 7.64. The minimum atomic E-state index is 0.618. The highest BCUT2D eigenvalue weighted by molar-refractivity contribution is 9.11. The van der Waals surface area contributed by atoms with Gasteiger partial charge in [0.1, 0.15) is 5.75 Å². The molecule has 0 saturated heterocycles. The molecule has 0 amide bonds. The smallest absolute Gasteiger partial charge is 0.137 e. The molecule has 118 valence electrons. The van der Waals surface area contributed by atoms with Crippen molar-refractivity contribution in [1.82, 2.24) is 5.32 Å². The second-order valence-electron chi connectivity index (χ2n) is 5.87. The molecule has 1 saturated carbocycles. The molecule has 0 spiro atoms. The molecule has 0 bridgehead atoms. The van der Waals surface area contributed by atoms with Gasteiger partial charge in [-0.3, -0.25) is 0 Å². The molecule has 1 unspecified atom stereocenters. The summed E-state index contributed by atoms with van der Waals surface area (Å²) >= 11 is 7.14. The van der Waals surface area contributed by atoms with E-state index in [9.17, 15) is 0 Å². The molecule has 4 heteroatoms. The van der Waals surface area contributed by atoms with Crippen LogP contribution in [-0.2, 0) is 6.54 Å². The Morgan fingerprint density at radius 2 is 1.95 bits per heavy atom. The number of hydrogen-bond acceptors (Lipinski definition) is 2. The highest BCUT2D eigenvalue weighted by Gasteiger charge is 2.22. The number of hydrogen-bond donors (Lipinski definition) is 1. The van der Waals surface area contributed by atoms with Gasteiger partial charge in [-0.25, -0.2) is 0 Å². The van der Waals surface area contributed by atoms with Crippen LogP contribution in [0, 0.1) is 5.92 Å². The lowest BCUT2D eigenvalue weighted by molar-refractivity contribution is 0.261. The first kappa shape index (κ1) is 17.3. The summed E-state index contributed by atoms with van der Waals surface area (Å²) < 4.78 is 7.62. The summed E-state index contributed by atoms with van der Waals surface area (Å²) in [5.41, 5.74) is 1.20. The van der Waals surface area contributed by atoms with E-state index in [0.29, 0.717) is 6.04 Å². The van der Waals surface area contributed by atoms with Crippen LogP contribution in [-0.4, -0.2) is 13.2 Å². The predicted octanol–water partition coefficient (Wildman–Crippen LogP) is 5.67. The zero-order valence-electron chi connectivity index (χ0n) is 12.9. The Balaban J connectivity index is 2.03. The van der Waals surface area contributed by atoms with Crippen molar-refractivity contribution in [3.63, 3.8) is 0 Å². The number of methoxy groups -OCH3 is 1. The average Bonchev–Trinajstić information content (AvgIpc) is 2.48. The number of halogens is 2. The van der Waals surface area contributed by atoms with E-state index in [4.69, 9.17) is 4.74 Å². The molecule has 1 atom stereocenters. The van der Waals surface area contributed by atoms with Crippen molar-refractivity contribution in [3.05, 3.63) is 26.6 Å². The van der Waals surface area contributed by atoms with Crippen molar-refractivity contribution in [2.45, 2.75) is 58.0 Å². The van der Waals surface area contributed by atoms with Crippen LogP contribution in [0.4, 0.5) is 0 Å². The second kappa shape index (κ2) is 8.54. The van der Waals surface area contributed by atoms with E-state index in [1.54, 1.807) is 7.11 Å². The van der Waals surface area contributed by atoms with E-state index in [1.165, 1.54) is 44.1 Å². The molecule has 2 rings (SSSR count). The zero-order chi connectivity index (χ0) is 15.2. The summed E-state index contributed by atoms with van der Waals surface area (Å²) in [6.07, 6.45) is 8.17. The van der Waals surface area contributed by atoms with E-state index in [2.05, 4.69) is 50.2 Å². The minimum absolute atomic E-state index is 0.618. The van der Waals surface area contributed by atoms with E-state index in [1.807, 2.05) is 6.07 Å². The number of rotatable bonds is 6. The van der Waals surface area contributed by atoms with Gasteiger partial charge in [0, 0.05) is 22.6 Å². The highest BCUT2D eigenvalue weighted by atomic mass is 79.9. The van der Waals surface area contributed by atoms with E-state index >= 15 is 0 Å². The van der Waals surface area contributed by atoms with Crippen LogP contribution < -0.4 is 10.1 Å². The van der Waals surface area contributed by atoms with Crippen molar-refractivity contribution >= 4 is 31.9 Å². The minimum Gasteiger partial charge on any atom is -0.495 e. The summed E-state index contributed by atoms with van der Waals surface area (Å²) in [6.45, 7) is 3.15. The van der Waals surface area contributed by atoms with Gasteiger partial charge in [0.25, 0.3) is 0 Å². The van der Waals surface area contributed by atoms with E-state index < -0.39 is 0 Å². The normalized spacial score (nSPS) is 17.7. The highest BCUT2D eigenvalue weighted by Crippen LogP contribution is 2.33. The molecule has 1 aromatic carbocycles. The topological polar surface area (TPSA) is 21.3 Å². The van der Waals surface area contributed by atoms with Crippen LogP contribution in [0.5, 0.6) is 5.75 Å². The molecule has 1 aliphatic carbocycles. The van der Waals surface area contributed by atoms with Crippen LogP contribution in [0.25, 0.3) is 0 Å². The maximum absolute atomic E-state index is 5.53. The van der Waals surface area contributed by atoms with Crippen LogP contribution in [0.1, 0.15) is 51.0 Å². The van der Waals surface area contributed by atoms with Crippen LogP contribution in [0.3, 0.4) is 0 Å².